The van der Waals surface area contributed by atoms with Gasteiger partial charge in [0.1, 0.15) is 0 Å². The molecule has 0 aliphatic heterocycles. The second-order valence-corrected chi connectivity index (χ2v) is 4.89. The van der Waals surface area contributed by atoms with Crippen molar-refractivity contribution in [3.63, 3.8) is 0 Å². The first-order valence-electron chi connectivity index (χ1n) is 7.17. The topological polar surface area (TPSA) is 94.3 Å². The quantitative estimate of drug-likeness (QED) is 0.765. The Balaban J connectivity index is 1.79. The van der Waals surface area contributed by atoms with Crippen LogP contribution in [0.3, 0.4) is 0 Å². The van der Waals surface area contributed by atoms with Gasteiger partial charge in [0.15, 0.2) is 0 Å². The van der Waals surface area contributed by atoms with Crippen LogP contribution >= 0.6 is 0 Å². The van der Waals surface area contributed by atoms with Gasteiger partial charge in [0, 0.05) is 31.0 Å². The zero-order valence-corrected chi connectivity index (χ0v) is 12.8. The van der Waals surface area contributed by atoms with Gasteiger partial charge in [-0.25, -0.2) is 19.9 Å². The van der Waals surface area contributed by atoms with E-state index < -0.39 is 0 Å². The molecule has 0 saturated carbocycles. The smallest absolute Gasteiger partial charge is 0.316 e. The third kappa shape index (κ3) is 3.10. The lowest BCUT2D eigenvalue weighted by atomic mass is 10.1. The van der Waals surface area contributed by atoms with Crippen LogP contribution in [0.15, 0.2) is 37.1 Å². The molecule has 3 rings (SSSR count). The fourth-order valence-corrected chi connectivity index (χ4v) is 2.18. The summed E-state index contributed by atoms with van der Waals surface area (Å²) in [5, 5.41) is 2.93. The minimum atomic E-state index is -0.260. The number of rotatable bonds is 5. The second-order valence-electron chi connectivity index (χ2n) is 4.89. The van der Waals surface area contributed by atoms with Crippen LogP contribution in [0.5, 0.6) is 6.01 Å². The maximum Gasteiger partial charge on any atom is 0.316 e. The second kappa shape index (κ2) is 6.39. The molecule has 0 spiro atoms. The zero-order valence-electron chi connectivity index (χ0n) is 12.8. The third-order valence-electron chi connectivity index (χ3n) is 3.40. The molecule has 8 heteroatoms. The zero-order chi connectivity index (χ0) is 16.2. The fourth-order valence-electron chi connectivity index (χ4n) is 2.18. The number of fused-ring (bicyclic) bond motifs is 1. The molecule has 23 heavy (non-hydrogen) atoms. The van der Waals surface area contributed by atoms with E-state index in [1.165, 1.54) is 19.5 Å². The fraction of sp³-hybridized carbons (Fsp3) is 0.267. The molecule has 3 aromatic rings. The number of hydrogen-bond acceptors (Lipinski definition) is 6. The monoisotopic (exact) mass is 312 g/mol. The summed E-state index contributed by atoms with van der Waals surface area (Å²) in [5.41, 5.74) is 1.13. The maximum atomic E-state index is 12.3. The molecule has 0 fully saturated rings. The molecule has 118 valence electrons. The summed E-state index contributed by atoms with van der Waals surface area (Å²) < 4.78 is 6.70. The molecule has 0 radical (unpaired) electrons. The van der Waals surface area contributed by atoms with Crippen LogP contribution in [0.25, 0.3) is 5.78 Å². The van der Waals surface area contributed by atoms with E-state index in [1.807, 2.05) is 29.8 Å². The Kier molecular flexibility index (Phi) is 4.13. The highest BCUT2D eigenvalue weighted by Crippen LogP contribution is 2.16. The van der Waals surface area contributed by atoms with Crippen molar-refractivity contribution in [2.75, 3.05) is 7.11 Å². The van der Waals surface area contributed by atoms with E-state index in [1.54, 1.807) is 6.20 Å². The molecular weight excluding hydrogens is 296 g/mol. The highest BCUT2D eigenvalue weighted by molar-refractivity contribution is 5.93. The number of nitrogens with one attached hydrogen (secondary N) is 1. The summed E-state index contributed by atoms with van der Waals surface area (Å²) in [5.74, 6) is 0.340. The summed E-state index contributed by atoms with van der Waals surface area (Å²) in [6, 6.07) is 1.83. The summed E-state index contributed by atoms with van der Waals surface area (Å²) in [6.07, 6.45) is 8.97. The maximum absolute atomic E-state index is 12.3. The molecule has 0 bridgehead atoms. The number of carbonyl (C=O) groups excluding carboxylic acids is 1. The largest absolute Gasteiger partial charge is 0.467 e. The summed E-state index contributed by atoms with van der Waals surface area (Å²) >= 11 is 0. The summed E-state index contributed by atoms with van der Waals surface area (Å²) in [6.45, 7) is 1.98. The summed E-state index contributed by atoms with van der Waals surface area (Å²) in [7, 11) is 1.47. The normalized spacial score (nSPS) is 12.1. The Morgan fingerprint density at radius 3 is 2.78 bits per heavy atom. The first-order chi connectivity index (χ1) is 11.2. The van der Waals surface area contributed by atoms with Crippen molar-refractivity contribution in [1.82, 2.24) is 29.7 Å². The lowest BCUT2D eigenvalue weighted by molar-refractivity contribution is 0.0934. The van der Waals surface area contributed by atoms with Crippen LogP contribution in [-0.4, -0.2) is 37.4 Å². The van der Waals surface area contributed by atoms with Crippen molar-refractivity contribution in [3.05, 3.63) is 48.3 Å². The van der Waals surface area contributed by atoms with Gasteiger partial charge in [-0.1, -0.05) is 6.92 Å². The number of carbonyl (C=O) groups is 1. The standard InChI is InChI=1S/C15H16N6O2/c1-3-11(12-9-21-6-4-5-16-14(21)20-12)19-13(22)10-7-17-15(23-2)18-8-10/h4-9,11H,3H2,1-2H3,(H,19,22)/t11-/m1/s1. The van der Waals surface area contributed by atoms with Gasteiger partial charge in [-0.05, 0) is 12.5 Å². The van der Waals surface area contributed by atoms with Gasteiger partial charge in [0.25, 0.3) is 5.91 Å². The van der Waals surface area contributed by atoms with Crippen LogP contribution in [-0.2, 0) is 0 Å². The number of aromatic nitrogens is 5. The molecule has 0 saturated heterocycles. The predicted molar refractivity (Wildman–Crippen MR) is 82.1 cm³/mol. The van der Waals surface area contributed by atoms with Crippen LogP contribution in [0.2, 0.25) is 0 Å². The lowest BCUT2D eigenvalue weighted by Gasteiger charge is -2.14. The Morgan fingerprint density at radius 1 is 1.35 bits per heavy atom. The average molecular weight is 312 g/mol. The van der Waals surface area contributed by atoms with Gasteiger partial charge in [-0.2, -0.15) is 0 Å². The van der Waals surface area contributed by atoms with Gasteiger partial charge in [-0.15, -0.1) is 0 Å². The van der Waals surface area contributed by atoms with Gasteiger partial charge in [0.2, 0.25) is 5.78 Å². The highest BCUT2D eigenvalue weighted by Gasteiger charge is 2.18. The molecule has 0 aromatic carbocycles. The van der Waals surface area contributed by atoms with Crippen molar-refractivity contribution >= 4 is 11.7 Å². The minimum absolute atomic E-state index is 0.216. The highest BCUT2D eigenvalue weighted by atomic mass is 16.5. The number of ether oxygens (including phenoxy) is 1. The van der Waals surface area contributed by atoms with Crippen molar-refractivity contribution in [3.8, 4) is 6.01 Å². The SMILES string of the molecule is CC[C@@H](NC(=O)c1cnc(OC)nc1)c1cn2cccnc2n1. The molecular formula is C15H16N6O2. The lowest BCUT2D eigenvalue weighted by Crippen LogP contribution is -2.28. The number of methoxy groups -OCH3 is 1. The number of amides is 1. The van der Waals surface area contributed by atoms with E-state index >= 15 is 0 Å². The van der Waals surface area contributed by atoms with Gasteiger partial charge in [0.05, 0.1) is 24.4 Å². The molecule has 3 heterocycles. The van der Waals surface area contributed by atoms with Gasteiger partial charge in [-0.3, -0.25) is 9.20 Å². The molecule has 3 aromatic heterocycles. The molecule has 8 nitrogen and oxygen atoms in total. The number of nitrogens with zero attached hydrogens (tertiary/aromatic N) is 5. The van der Waals surface area contributed by atoms with E-state index in [4.69, 9.17) is 4.74 Å². The third-order valence-corrected chi connectivity index (χ3v) is 3.40. The Bertz CT molecular complexity index is 781. The summed E-state index contributed by atoms with van der Waals surface area (Å²) in [4.78, 5) is 28.8. The van der Waals surface area contributed by atoms with Crippen LogP contribution < -0.4 is 10.1 Å². The van der Waals surface area contributed by atoms with Crippen molar-refractivity contribution in [1.29, 1.82) is 0 Å². The predicted octanol–water partition coefficient (Wildman–Crippen LogP) is 1.41. The van der Waals surface area contributed by atoms with Gasteiger partial charge < -0.3 is 10.1 Å². The average Bonchev–Trinajstić information content (AvgIpc) is 3.03. The van der Waals surface area contributed by atoms with E-state index in [-0.39, 0.29) is 18.0 Å². The Morgan fingerprint density at radius 2 is 2.13 bits per heavy atom. The van der Waals surface area contributed by atoms with E-state index in [0.29, 0.717) is 17.8 Å². The molecule has 0 aliphatic rings. The van der Waals surface area contributed by atoms with Crippen molar-refractivity contribution in [2.24, 2.45) is 0 Å². The molecule has 1 N–H and O–H groups in total. The van der Waals surface area contributed by atoms with E-state index in [2.05, 4.69) is 25.3 Å². The minimum Gasteiger partial charge on any atom is -0.467 e. The first-order valence-corrected chi connectivity index (χ1v) is 7.17. The van der Waals surface area contributed by atoms with Crippen LogP contribution in [0.1, 0.15) is 35.4 Å². The van der Waals surface area contributed by atoms with Crippen LogP contribution in [0.4, 0.5) is 0 Å². The Hall–Kier alpha value is -3.03. The van der Waals surface area contributed by atoms with Crippen molar-refractivity contribution < 1.29 is 9.53 Å². The molecule has 1 amide bonds. The number of hydrogen-bond donors (Lipinski definition) is 1. The van der Waals surface area contributed by atoms with Crippen molar-refractivity contribution in [2.45, 2.75) is 19.4 Å². The van der Waals surface area contributed by atoms with E-state index in [9.17, 15) is 4.79 Å². The van der Waals surface area contributed by atoms with E-state index in [0.717, 1.165) is 5.69 Å². The first kappa shape index (κ1) is 14.9. The Labute approximate surface area is 132 Å². The number of imidazole rings is 1. The molecule has 0 unspecified atom stereocenters. The van der Waals surface area contributed by atoms with Gasteiger partial charge >= 0.3 is 6.01 Å². The van der Waals surface area contributed by atoms with Crippen LogP contribution in [0, 0.1) is 0 Å². The molecule has 0 aliphatic carbocycles. The molecule has 1 atom stereocenters.